The van der Waals surface area contributed by atoms with Crippen LogP contribution in [-0.2, 0) is 0 Å². The molecule has 0 radical (unpaired) electrons. The van der Waals surface area contributed by atoms with E-state index >= 15 is 0 Å². The fourth-order valence-electron chi connectivity index (χ4n) is 7.20. The third-order valence-electron chi connectivity index (χ3n) is 10.6. The van der Waals surface area contributed by atoms with Gasteiger partial charge in [0.05, 0.1) is 0 Å². The Morgan fingerprint density at radius 1 is 0.750 bits per heavy atom. The summed E-state index contributed by atoms with van der Waals surface area (Å²) in [5.41, 5.74) is 8.62. The number of hydrogen-bond donors (Lipinski definition) is 0. The van der Waals surface area contributed by atoms with Gasteiger partial charge in [-0.2, -0.15) is 0 Å². The summed E-state index contributed by atoms with van der Waals surface area (Å²) in [7, 11) is 0. The van der Waals surface area contributed by atoms with Gasteiger partial charge in [0, 0.05) is 34.1 Å². The third kappa shape index (κ3) is 6.58. The maximum Gasteiger partial charge on any atom is 0.193 e. The van der Waals surface area contributed by atoms with Gasteiger partial charge in [0.2, 0.25) is 0 Å². The summed E-state index contributed by atoms with van der Waals surface area (Å²) < 4.78 is 0. The molecule has 0 N–H and O–H groups in total. The summed E-state index contributed by atoms with van der Waals surface area (Å²) in [6.07, 6.45) is 8.76. The van der Waals surface area contributed by atoms with Crippen molar-refractivity contribution < 1.29 is 4.79 Å². The van der Waals surface area contributed by atoms with Crippen molar-refractivity contribution in [3.8, 4) is 0 Å². The van der Waals surface area contributed by atoms with Crippen molar-refractivity contribution in [2.45, 2.75) is 65.2 Å². The van der Waals surface area contributed by atoms with E-state index in [0.29, 0.717) is 17.0 Å². The molecule has 3 atom stereocenters. The number of carbonyl (C=O) groups excluding carboxylic acids is 1. The first kappa shape index (κ1) is 33.0. The zero-order valence-electron chi connectivity index (χ0n) is 28.8. The van der Waals surface area contributed by atoms with Crippen LogP contribution in [0.25, 0.3) is 11.6 Å². The average molecular weight is 630 g/mol. The summed E-state index contributed by atoms with van der Waals surface area (Å²) in [4.78, 5) is 15.5. The summed E-state index contributed by atoms with van der Waals surface area (Å²) >= 11 is 0. The number of fused-ring (bicyclic) bond motifs is 1. The van der Waals surface area contributed by atoms with Crippen LogP contribution in [0.5, 0.6) is 0 Å². The Kier molecular flexibility index (Phi) is 9.92. The lowest BCUT2D eigenvalue weighted by molar-refractivity contribution is 0.103. The normalized spacial score (nSPS) is 15.0. The molecule has 0 saturated heterocycles. The minimum absolute atomic E-state index is 0.0302. The Morgan fingerprint density at radius 3 is 1.88 bits per heavy atom. The molecule has 0 fully saturated rings. The van der Waals surface area contributed by atoms with Gasteiger partial charge in [-0.05, 0) is 107 Å². The van der Waals surface area contributed by atoms with Crippen molar-refractivity contribution in [2.75, 3.05) is 4.90 Å². The molecule has 0 saturated carbocycles. The second-order valence-electron chi connectivity index (χ2n) is 13.4. The lowest BCUT2D eigenvalue weighted by Crippen LogP contribution is -2.35. The van der Waals surface area contributed by atoms with Gasteiger partial charge in [0.1, 0.15) is 0 Å². The molecule has 5 aromatic carbocycles. The largest absolute Gasteiger partial charge is 0.311 e. The first-order valence-corrected chi connectivity index (χ1v) is 17.5. The molecule has 0 heterocycles. The Balaban J connectivity index is 1.43. The van der Waals surface area contributed by atoms with Crippen LogP contribution in [0.3, 0.4) is 0 Å². The summed E-state index contributed by atoms with van der Waals surface area (Å²) in [6.45, 7) is 13.5. The predicted molar refractivity (Wildman–Crippen MR) is 204 cm³/mol. The molecule has 1 aliphatic carbocycles. The molecule has 3 unspecified atom stereocenters. The van der Waals surface area contributed by atoms with E-state index in [2.05, 4.69) is 136 Å². The number of hydrogen-bond acceptors (Lipinski definition) is 2. The molecular formula is C46H47NO. The number of anilines is 3. The minimum atomic E-state index is -0.0894. The molecule has 2 heteroatoms. The zero-order valence-corrected chi connectivity index (χ0v) is 28.8. The van der Waals surface area contributed by atoms with E-state index in [1.54, 1.807) is 0 Å². The smallest absolute Gasteiger partial charge is 0.193 e. The molecule has 2 nitrogen and oxygen atoms in total. The van der Waals surface area contributed by atoms with Crippen LogP contribution in [0.4, 0.5) is 17.1 Å². The van der Waals surface area contributed by atoms with Crippen LogP contribution in [-0.4, -0.2) is 5.78 Å². The highest BCUT2D eigenvalue weighted by molar-refractivity contribution is 6.09. The lowest BCUT2D eigenvalue weighted by atomic mass is 9.66. The summed E-state index contributed by atoms with van der Waals surface area (Å²) in [5, 5.41) is 2.71. The van der Waals surface area contributed by atoms with Crippen LogP contribution in [0.2, 0.25) is 0 Å². The van der Waals surface area contributed by atoms with Crippen molar-refractivity contribution in [1.82, 2.24) is 0 Å². The molecular weight excluding hydrogens is 583 g/mol. The number of allylic oxidation sites excluding steroid dienone is 1. The second-order valence-corrected chi connectivity index (χ2v) is 13.4. The Bertz CT molecular complexity index is 1990. The molecule has 5 aromatic rings. The first-order valence-electron chi connectivity index (χ1n) is 17.5. The first-order chi connectivity index (χ1) is 23.4. The fraction of sp³-hybridized carbons (Fsp3) is 0.239. The predicted octanol–water partition coefficient (Wildman–Crippen LogP) is 11.0. The molecule has 0 bridgehead atoms. The van der Waals surface area contributed by atoms with Gasteiger partial charge < -0.3 is 4.90 Å². The zero-order chi connectivity index (χ0) is 33.7. The monoisotopic (exact) mass is 629 g/mol. The van der Waals surface area contributed by atoms with Crippen LogP contribution in [0, 0.1) is 5.41 Å². The standard InChI is InChI=1S/C46H47NO/c1-6-33(4)34-21-27-39(28-22-34)47(41-31-25-38(26-32-41)45(48)37-16-10-9-11-17-37)40-29-23-36(24-30-40)44(46(5,7-2)8-3)43-20-14-18-35-15-12-13-19-42(35)43/h7,9-13,15-19,21-33,44H,2,6,8,14,20H2,1,3-5H3. The number of ketones is 1. The summed E-state index contributed by atoms with van der Waals surface area (Å²) in [5.74, 6) is 0.753. The van der Waals surface area contributed by atoms with E-state index in [9.17, 15) is 4.79 Å². The van der Waals surface area contributed by atoms with E-state index in [1.165, 1.54) is 27.1 Å². The van der Waals surface area contributed by atoms with Gasteiger partial charge in [-0.1, -0.05) is 124 Å². The van der Waals surface area contributed by atoms with Gasteiger partial charge >= 0.3 is 0 Å². The van der Waals surface area contributed by atoms with Gasteiger partial charge in [0.25, 0.3) is 0 Å². The number of nitrogens with zero attached hydrogens (tertiary/aromatic N) is 1. The lowest BCUT2D eigenvalue weighted by Gasteiger charge is -2.38. The van der Waals surface area contributed by atoms with Crippen LogP contribution < -0.4 is 15.3 Å². The van der Waals surface area contributed by atoms with Gasteiger partial charge in [-0.15, -0.1) is 6.58 Å². The average Bonchev–Trinajstić information content (AvgIpc) is 3.16. The maximum absolute atomic E-state index is 13.2. The molecule has 0 spiro atoms. The van der Waals surface area contributed by atoms with Crippen molar-refractivity contribution in [1.29, 1.82) is 0 Å². The van der Waals surface area contributed by atoms with Gasteiger partial charge in [-0.3, -0.25) is 4.79 Å². The number of rotatable bonds is 12. The molecule has 48 heavy (non-hydrogen) atoms. The highest BCUT2D eigenvalue weighted by Crippen LogP contribution is 2.47. The van der Waals surface area contributed by atoms with E-state index in [4.69, 9.17) is 0 Å². The Morgan fingerprint density at radius 2 is 1.29 bits per heavy atom. The molecule has 0 amide bonds. The topological polar surface area (TPSA) is 20.3 Å². The second kappa shape index (κ2) is 14.4. The highest BCUT2D eigenvalue weighted by Gasteiger charge is 2.34. The minimum Gasteiger partial charge on any atom is -0.311 e. The third-order valence-corrected chi connectivity index (χ3v) is 10.6. The van der Waals surface area contributed by atoms with Crippen molar-refractivity contribution >= 4 is 34.5 Å². The quantitative estimate of drug-likeness (QED) is 0.101. The number of carbonyl (C=O) groups is 1. The Labute approximate surface area is 286 Å². The molecule has 242 valence electrons. The molecule has 6 rings (SSSR count). The van der Waals surface area contributed by atoms with Crippen LogP contribution >= 0.6 is 0 Å². The van der Waals surface area contributed by atoms with Gasteiger partial charge in [-0.25, -0.2) is 0 Å². The Hall–Kier alpha value is -4.95. The van der Waals surface area contributed by atoms with E-state index in [0.717, 1.165) is 42.7 Å². The van der Waals surface area contributed by atoms with E-state index in [-0.39, 0.29) is 17.1 Å². The molecule has 1 aliphatic rings. The summed E-state index contributed by atoms with van der Waals surface area (Å²) in [6, 6.07) is 44.4. The van der Waals surface area contributed by atoms with Crippen molar-refractivity contribution in [3.05, 3.63) is 173 Å². The van der Waals surface area contributed by atoms with Crippen LogP contribution in [0.1, 0.15) is 92.3 Å². The molecule has 0 aliphatic heterocycles. The van der Waals surface area contributed by atoms with Crippen molar-refractivity contribution in [2.24, 2.45) is 5.41 Å². The van der Waals surface area contributed by atoms with E-state index < -0.39 is 0 Å². The van der Waals surface area contributed by atoms with E-state index in [1.807, 2.05) is 42.5 Å². The van der Waals surface area contributed by atoms with Gasteiger partial charge in [0.15, 0.2) is 5.78 Å². The SMILES string of the molecule is C=CC(C)(CC)C(C1=c2ccccc2=CCC1)c1ccc(N(c2ccc(C(=O)c3ccccc3)cc2)c2ccc(C(C)CC)cc2)cc1. The van der Waals surface area contributed by atoms with Crippen molar-refractivity contribution in [3.63, 3.8) is 0 Å². The fourth-order valence-corrected chi connectivity index (χ4v) is 7.20. The highest BCUT2D eigenvalue weighted by atomic mass is 16.1. The molecule has 0 aromatic heterocycles. The number of benzene rings is 5. The maximum atomic E-state index is 13.2. The van der Waals surface area contributed by atoms with Crippen LogP contribution in [0.15, 0.2) is 140 Å².